The predicted molar refractivity (Wildman–Crippen MR) is 76.3 cm³/mol. The fraction of sp³-hybridized carbons (Fsp3) is 0.400. The molecule has 2 rings (SSSR count). The third-order valence-corrected chi connectivity index (χ3v) is 3.65. The van der Waals surface area contributed by atoms with Crippen molar-refractivity contribution in [2.24, 2.45) is 5.92 Å². The van der Waals surface area contributed by atoms with E-state index in [2.05, 4.69) is 16.4 Å². The molecule has 0 bridgehead atoms. The molecule has 0 aliphatic rings. The van der Waals surface area contributed by atoms with E-state index in [1.54, 1.807) is 6.92 Å². The Morgan fingerprint density at radius 1 is 1.42 bits per heavy atom. The van der Waals surface area contributed by atoms with Crippen LogP contribution in [0.5, 0.6) is 0 Å². The van der Waals surface area contributed by atoms with Crippen LogP contribution >= 0.6 is 0 Å². The first-order chi connectivity index (χ1) is 9.04. The Labute approximate surface area is 112 Å². The maximum absolute atomic E-state index is 11.0. The monoisotopic (exact) mass is 260 g/mol. The van der Waals surface area contributed by atoms with Gasteiger partial charge in [0, 0.05) is 22.6 Å². The summed E-state index contributed by atoms with van der Waals surface area (Å²) in [5.74, 6) is -1.12. The number of aromatic nitrogens is 1. The quantitative estimate of drug-likeness (QED) is 0.774. The topological polar surface area (TPSA) is 65.1 Å². The number of aliphatic carboxylic acids is 1. The lowest BCUT2D eigenvalue weighted by Crippen LogP contribution is -2.22. The molecule has 4 heteroatoms. The molecule has 102 valence electrons. The number of carbonyl (C=O) groups is 1. The first-order valence-corrected chi connectivity index (χ1v) is 6.51. The van der Waals surface area contributed by atoms with Crippen LogP contribution < -0.4 is 5.32 Å². The predicted octanol–water partition coefficient (Wildman–Crippen LogP) is 2.85. The van der Waals surface area contributed by atoms with Crippen LogP contribution in [0.15, 0.2) is 24.3 Å². The van der Waals surface area contributed by atoms with Crippen molar-refractivity contribution < 1.29 is 9.90 Å². The van der Waals surface area contributed by atoms with Gasteiger partial charge in [0.2, 0.25) is 0 Å². The van der Waals surface area contributed by atoms with Crippen LogP contribution in [-0.4, -0.2) is 23.1 Å². The number of carboxylic acids is 1. The number of para-hydroxylation sites is 1. The summed E-state index contributed by atoms with van der Waals surface area (Å²) in [5.41, 5.74) is 3.36. The number of aromatic amines is 1. The molecule has 2 unspecified atom stereocenters. The van der Waals surface area contributed by atoms with E-state index in [-0.39, 0.29) is 12.0 Å². The van der Waals surface area contributed by atoms with Crippen LogP contribution in [-0.2, 0) is 4.79 Å². The molecule has 0 spiro atoms. The molecule has 0 fully saturated rings. The highest BCUT2D eigenvalue weighted by atomic mass is 16.4. The Kier molecular flexibility index (Phi) is 3.90. The standard InChI is InChI=1S/C15H20N2O2/c1-9(15(18)19)8-13(16-3)14-10(2)17-12-7-5-4-6-11(12)14/h4-7,9,13,16-17H,8H2,1-3H3,(H,18,19). The molecule has 19 heavy (non-hydrogen) atoms. The molecule has 0 aliphatic heterocycles. The molecule has 0 amide bonds. The summed E-state index contributed by atoms with van der Waals surface area (Å²) in [6.45, 7) is 3.78. The number of benzene rings is 1. The summed E-state index contributed by atoms with van der Waals surface area (Å²) < 4.78 is 0. The average Bonchev–Trinajstić information content (AvgIpc) is 2.71. The van der Waals surface area contributed by atoms with Crippen LogP contribution in [0.2, 0.25) is 0 Å². The summed E-state index contributed by atoms with van der Waals surface area (Å²) in [4.78, 5) is 14.4. The zero-order valence-electron chi connectivity index (χ0n) is 11.5. The van der Waals surface area contributed by atoms with Crippen LogP contribution in [0.25, 0.3) is 10.9 Å². The summed E-state index contributed by atoms with van der Waals surface area (Å²) in [5, 5.41) is 13.5. The molecule has 1 heterocycles. The Balaban J connectivity index is 2.40. The molecule has 1 aromatic carbocycles. The van der Waals surface area contributed by atoms with Crippen molar-refractivity contribution in [3.63, 3.8) is 0 Å². The molecule has 0 aliphatic carbocycles. The van der Waals surface area contributed by atoms with E-state index in [0.29, 0.717) is 6.42 Å². The lowest BCUT2D eigenvalue weighted by Gasteiger charge is -2.19. The van der Waals surface area contributed by atoms with Crippen molar-refractivity contribution >= 4 is 16.9 Å². The van der Waals surface area contributed by atoms with Gasteiger partial charge in [-0.05, 0) is 32.0 Å². The van der Waals surface area contributed by atoms with Gasteiger partial charge >= 0.3 is 5.97 Å². The highest BCUT2D eigenvalue weighted by Crippen LogP contribution is 2.31. The first-order valence-electron chi connectivity index (χ1n) is 6.51. The van der Waals surface area contributed by atoms with E-state index in [0.717, 1.165) is 16.6 Å². The van der Waals surface area contributed by atoms with Crippen molar-refractivity contribution in [3.8, 4) is 0 Å². The fourth-order valence-corrected chi connectivity index (χ4v) is 2.58. The van der Waals surface area contributed by atoms with E-state index in [1.165, 1.54) is 5.56 Å². The van der Waals surface area contributed by atoms with Gasteiger partial charge in [0.25, 0.3) is 0 Å². The second-order valence-corrected chi connectivity index (χ2v) is 5.03. The maximum atomic E-state index is 11.0. The zero-order valence-corrected chi connectivity index (χ0v) is 11.5. The van der Waals surface area contributed by atoms with Crippen molar-refractivity contribution in [1.82, 2.24) is 10.3 Å². The third-order valence-electron chi connectivity index (χ3n) is 3.65. The zero-order chi connectivity index (χ0) is 14.0. The minimum Gasteiger partial charge on any atom is -0.481 e. The Morgan fingerprint density at radius 3 is 2.74 bits per heavy atom. The lowest BCUT2D eigenvalue weighted by atomic mass is 9.94. The summed E-state index contributed by atoms with van der Waals surface area (Å²) in [7, 11) is 1.88. The van der Waals surface area contributed by atoms with E-state index in [9.17, 15) is 4.79 Å². The molecular weight excluding hydrogens is 240 g/mol. The van der Waals surface area contributed by atoms with Crippen LogP contribution in [0.3, 0.4) is 0 Å². The van der Waals surface area contributed by atoms with Crippen LogP contribution in [0, 0.1) is 12.8 Å². The Morgan fingerprint density at radius 2 is 2.11 bits per heavy atom. The van der Waals surface area contributed by atoms with E-state index in [4.69, 9.17) is 5.11 Å². The molecule has 0 saturated carbocycles. The third kappa shape index (κ3) is 2.63. The number of carboxylic acid groups (broad SMARTS) is 1. The van der Waals surface area contributed by atoms with Gasteiger partial charge in [0.05, 0.1) is 5.92 Å². The van der Waals surface area contributed by atoms with Gasteiger partial charge in [-0.25, -0.2) is 0 Å². The van der Waals surface area contributed by atoms with Crippen molar-refractivity contribution in [2.45, 2.75) is 26.3 Å². The van der Waals surface area contributed by atoms with Gasteiger partial charge in [-0.1, -0.05) is 25.1 Å². The number of hydrogen-bond acceptors (Lipinski definition) is 2. The minimum absolute atomic E-state index is 0.0437. The highest BCUT2D eigenvalue weighted by molar-refractivity contribution is 5.85. The molecule has 4 nitrogen and oxygen atoms in total. The molecule has 2 atom stereocenters. The number of fused-ring (bicyclic) bond motifs is 1. The van der Waals surface area contributed by atoms with E-state index < -0.39 is 5.97 Å². The Bertz CT molecular complexity index is 589. The van der Waals surface area contributed by atoms with Gasteiger partial charge in [-0.2, -0.15) is 0 Å². The van der Waals surface area contributed by atoms with Gasteiger partial charge in [-0.3, -0.25) is 4.79 Å². The van der Waals surface area contributed by atoms with Gasteiger partial charge in [0.1, 0.15) is 0 Å². The molecule has 3 N–H and O–H groups in total. The normalized spacial score (nSPS) is 14.5. The number of nitrogens with one attached hydrogen (secondary N) is 2. The summed E-state index contributed by atoms with van der Waals surface area (Å²) in [6.07, 6.45) is 0.578. The minimum atomic E-state index is -0.752. The summed E-state index contributed by atoms with van der Waals surface area (Å²) in [6, 6.07) is 8.16. The maximum Gasteiger partial charge on any atom is 0.306 e. The second-order valence-electron chi connectivity index (χ2n) is 5.03. The number of aryl methyl sites for hydroxylation is 1. The highest BCUT2D eigenvalue weighted by Gasteiger charge is 2.22. The number of H-pyrrole nitrogens is 1. The lowest BCUT2D eigenvalue weighted by molar-refractivity contribution is -0.141. The molecule has 2 aromatic rings. The fourth-order valence-electron chi connectivity index (χ4n) is 2.58. The largest absolute Gasteiger partial charge is 0.481 e. The van der Waals surface area contributed by atoms with Gasteiger partial charge in [0.15, 0.2) is 0 Å². The van der Waals surface area contributed by atoms with Crippen molar-refractivity contribution in [3.05, 3.63) is 35.5 Å². The molecular formula is C15H20N2O2. The Hall–Kier alpha value is -1.81. The second kappa shape index (κ2) is 5.45. The van der Waals surface area contributed by atoms with Crippen LogP contribution in [0.4, 0.5) is 0 Å². The van der Waals surface area contributed by atoms with Crippen molar-refractivity contribution in [2.75, 3.05) is 7.05 Å². The number of hydrogen-bond donors (Lipinski definition) is 3. The molecule has 0 saturated heterocycles. The first kappa shape index (κ1) is 13.6. The van der Waals surface area contributed by atoms with Gasteiger partial charge in [-0.15, -0.1) is 0 Å². The smallest absolute Gasteiger partial charge is 0.306 e. The molecule has 1 aromatic heterocycles. The number of rotatable bonds is 5. The van der Waals surface area contributed by atoms with Crippen LogP contribution in [0.1, 0.15) is 30.6 Å². The van der Waals surface area contributed by atoms with E-state index in [1.807, 2.05) is 32.2 Å². The SMILES string of the molecule is CNC(CC(C)C(=O)O)c1c(C)[nH]c2ccccc12. The average molecular weight is 260 g/mol. The van der Waals surface area contributed by atoms with Crippen molar-refractivity contribution in [1.29, 1.82) is 0 Å². The molecule has 0 radical (unpaired) electrons. The van der Waals surface area contributed by atoms with E-state index >= 15 is 0 Å². The van der Waals surface area contributed by atoms with Gasteiger partial charge < -0.3 is 15.4 Å². The summed E-state index contributed by atoms with van der Waals surface area (Å²) >= 11 is 0.